The van der Waals surface area contributed by atoms with E-state index in [2.05, 4.69) is 13.8 Å². The number of aliphatic carboxylic acids is 1. The van der Waals surface area contributed by atoms with Gasteiger partial charge in [0.15, 0.2) is 6.10 Å². The summed E-state index contributed by atoms with van der Waals surface area (Å²) in [4.78, 5) is 36.4. The van der Waals surface area contributed by atoms with Gasteiger partial charge in [-0.3, -0.25) is 4.79 Å². The molecule has 0 amide bonds. The van der Waals surface area contributed by atoms with Gasteiger partial charge in [-0.25, -0.2) is 9.59 Å². The number of aliphatic hydroxyl groups is 2. The number of carboxylic acid groups (broad SMARTS) is 1. The topological polar surface area (TPSA) is 140 Å². The fourth-order valence-electron chi connectivity index (χ4n) is 5.60. The molecule has 0 aromatic rings. The molecule has 0 bridgehead atoms. The Morgan fingerprint density at radius 1 is 0.627 bits per heavy atom. The van der Waals surface area contributed by atoms with E-state index in [9.17, 15) is 24.6 Å². The molecule has 0 aromatic carbocycles. The molecule has 0 unspecified atom stereocenters. The van der Waals surface area contributed by atoms with Crippen LogP contribution in [0.2, 0.25) is 0 Å². The van der Waals surface area contributed by atoms with Crippen LogP contribution >= 0.6 is 0 Å². The molecule has 0 aromatic heterocycles. The lowest BCUT2D eigenvalue weighted by molar-refractivity contribution is -0.267. The van der Waals surface area contributed by atoms with Crippen molar-refractivity contribution in [3.05, 3.63) is 131 Å². The van der Waals surface area contributed by atoms with Crippen molar-refractivity contribution in [2.45, 2.75) is 151 Å². The van der Waals surface area contributed by atoms with E-state index in [1.165, 1.54) is 38.5 Å². The molecule has 1 aliphatic rings. The molecule has 0 radical (unpaired) electrons. The molecule has 1 aliphatic heterocycles. The van der Waals surface area contributed by atoms with Gasteiger partial charge in [0.2, 0.25) is 6.29 Å². The summed E-state index contributed by atoms with van der Waals surface area (Å²) in [5, 5.41) is 29.6. The monoisotopic (exact) mass is 817 g/mol. The summed E-state index contributed by atoms with van der Waals surface area (Å²) in [6.45, 7) is 15.3. The van der Waals surface area contributed by atoms with Crippen LogP contribution < -0.4 is 0 Å². The number of carbonyl (C=O) groups excluding carboxylic acids is 2. The molecule has 1 fully saturated rings. The second-order valence-corrected chi connectivity index (χ2v) is 15.5. The molecule has 5 atom stereocenters. The molecule has 0 saturated carbocycles. The number of unbranched alkanes of at least 4 members (excludes halogenated alkanes) is 7. The standard InChI is InChI=1S/C50H72O9/c1-9-37(2)24-16-14-12-10-11-13-15-17-35-45(52)58-47-46(53)44(51)36-57-50(47)59-49(56)43(8)34-23-32-41(6)30-21-28-39(4)26-19-18-25-38(3)27-20-29-40(5)31-22-33-42(7)48(54)55/h18-23,25-34,37,44,46-47,50-51,53H,9-17,24,35-36H2,1-8H3,(H,54,55)/b19-18+,27-20+,28-21+,31-22+,32-23+,38-25+,39-26+,40-29+,41-30+,42-33+,43-34+/t37-,44+,46+,47+,50-/m0/s1. The fourth-order valence-corrected chi connectivity index (χ4v) is 5.60. The zero-order chi connectivity index (χ0) is 44.0. The van der Waals surface area contributed by atoms with Gasteiger partial charge in [0, 0.05) is 17.6 Å². The molecule has 0 spiro atoms. The molecular weight excluding hydrogens is 745 g/mol. The zero-order valence-electron chi connectivity index (χ0n) is 36.9. The van der Waals surface area contributed by atoms with E-state index < -0.39 is 42.5 Å². The third-order valence-electron chi connectivity index (χ3n) is 9.78. The molecule has 3 N–H and O–H groups in total. The number of carboxylic acids is 1. The van der Waals surface area contributed by atoms with E-state index in [1.807, 2.05) is 101 Å². The Morgan fingerprint density at radius 3 is 1.56 bits per heavy atom. The van der Waals surface area contributed by atoms with Gasteiger partial charge in [-0.2, -0.15) is 0 Å². The number of allylic oxidation sites excluding steroid dienone is 20. The highest BCUT2D eigenvalue weighted by molar-refractivity contribution is 5.88. The van der Waals surface area contributed by atoms with Crippen LogP contribution in [-0.2, 0) is 28.6 Å². The average Bonchev–Trinajstić information content (AvgIpc) is 3.19. The van der Waals surface area contributed by atoms with Crippen LogP contribution in [0, 0.1) is 5.92 Å². The van der Waals surface area contributed by atoms with Crippen LogP contribution in [0.5, 0.6) is 0 Å². The van der Waals surface area contributed by atoms with Crippen molar-refractivity contribution < 1.29 is 43.9 Å². The minimum Gasteiger partial charge on any atom is -0.478 e. The summed E-state index contributed by atoms with van der Waals surface area (Å²) in [5.74, 6) is -1.35. The highest BCUT2D eigenvalue weighted by Crippen LogP contribution is 2.22. The molecule has 0 aliphatic carbocycles. The highest BCUT2D eigenvalue weighted by atomic mass is 16.7. The van der Waals surface area contributed by atoms with Gasteiger partial charge < -0.3 is 29.5 Å². The molecule has 9 heteroatoms. The Labute approximate surface area is 354 Å². The Morgan fingerprint density at radius 2 is 1.07 bits per heavy atom. The fraction of sp³-hybridized carbons (Fsp3) is 0.500. The maximum absolute atomic E-state index is 12.9. The van der Waals surface area contributed by atoms with E-state index in [4.69, 9.17) is 19.3 Å². The first kappa shape index (κ1) is 52.4. The van der Waals surface area contributed by atoms with Gasteiger partial charge in [0.25, 0.3) is 0 Å². The van der Waals surface area contributed by atoms with E-state index in [0.29, 0.717) is 6.42 Å². The summed E-state index contributed by atoms with van der Waals surface area (Å²) in [7, 11) is 0. The molecule has 1 heterocycles. The quantitative estimate of drug-likeness (QED) is 0.0337. The second-order valence-electron chi connectivity index (χ2n) is 15.5. The molecular formula is C50H72O9. The molecule has 326 valence electrons. The number of hydrogen-bond acceptors (Lipinski definition) is 8. The number of carbonyl (C=O) groups is 3. The van der Waals surface area contributed by atoms with Crippen LogP contribution in [0.25, 0.3) is 0 Å². The average molecular weight is 817 g/mol. The van der Waals surface area contributed by atoms with Gasteiger partial charge in [-0.15, -0.1) is 0 Å². The predicted octanol–water partition coefficient (Wildman–Crippen LogP) is 11.0. The van der Waals surface area contributed by atoms with Crippen LogP contribution in [0.15, 0.2) is 131 Å². The smallest absolute Gasteiger partial charge is 0.336 e. The van der Waals surface area contributed by atoms with Gasteiger partial charge >= 0.3 is 17.9 Å². The van der Waals surface area contributed by atoms with Crippen molar-refractivity contribution >= 4 is 17.9 Å². The van der Waals surface area contributed by atoms with Crippen LogP contribution in [-0.4, -0.2) is 64.4 Å². The lowest BCUT2D eigenvalue weighted by atomic mass is 9.99. The van der Waals surface area contributed by atoms with Gasteiger partial charge in [0.1, 0.15) is 12.2 Å². The lowest BCUT2D eigenvalue weighted by Crippen LogP contribution is -2.56. The summed E-state index contributed by atoms with van der Waals surface area (Å²) in [6.07, 6.45) is 36.1. The first-order valence-corrected chi connectivity index (χ1v) is 21.2. The summed E-state index contributed by atoms with van der Waals surface area (Å²) >= 11 is 0. The third kappa shape index (κ3) is 25.5. The predicted molar refractivity (Wildman–Crippen MR) is 239 cm³/mol. The van der Waals surface area contributed by atoms with Crippen LogP contribution in [0.4, 0.5) is 0 Å². The Hall–Kier alpha value is -4.57. The van der Waals surface area contributed by atoms with Crippen molar-refractivity contribution in [3.63, 3.8) is 0 Å². The SMILES string of the molecule is CC[C@H](C)CCCCCCCCCCC(=O)O[C@H]1[C@H](OC(=O)/C(C)=C/C=C/C(C)=C/C=C/C(C)=C/C=C/C=C(C)/C=C/C=C(C)/C=C/C=C(\C)C(=O)O)OC[C@@H](O)[C@H]1O. The van der Waals surface area contributed by atoms with Crippen molar-refractivity contribution in [3.8, 4) is 0 Å². The van der Waals surface area contributed by atoms with Crippen LogP contribution in [0.1, 0.15) is 126 Å². The number of ether oxygens (including phenoxy) is 3. The zero-order valence-corrected chi connectivity index (χ0v) is 36.9. The first-order chi connectivity index (χ1) is 28.1. The Kier molecular flexibility index (Phi) is 27.9. The second kappa shape index (κ2) is 31.4. The molecule has 1 saturated heterocycles. The maximum Gasteiger partial charge on any atom is 0.336 e. The minimum absolute atomic E-state index is 0.168. The normalized spacial score (nSPS) is 21.1. The summed E-state index contributed by atoms with van der Waals surface area (Å²) in [5.41, 5.74) is 4.65. The van der Waals surface area contributed by atoms with E-state index in [-0.39, 0.29) is 24.2 Å². The summed E-state index contributed by atoms with van der Waals surface area (Å²) < 4.78 is 16.4. The van der Waals surface area contributed by atoms with Gasteiger partial charge in [-0.05, 0) is 53.9 Å². The number of rotatable bonds is 26. The lowest BCUT2D eigenvalue weighted by Gasteiger charge is -2.36. The van der Waals surface area contributed by atoms with Crippen molar-refractivity contribution in [2.75, 3.05) is 6.61 Å². The maximum atomic E-state index is 12.9. The van der Waals surface area contributed by atoms with E-state index in [0.717, 1.165) is 47.5 Å². The Balaban J connectivity index is 2.58. The van der Waals surface area contributed by atoms with Crippen molar-refractivity contribution in [1.82, 2.24) is 0 Å². The van der Waals surface area contributed by atoms with E-state index >= 15 is 0 Å². The molecule has 59 heavy (non-hydrogen) atoms. The van der Waals surface area contributed by atoms with Gasteiger partial charge in [-0.1, -0.05) is 191 Å². The summed E-state index contributed by atoms with van der Waals surface area (Å²) in [6, 6.07) is 0. The highest BCUT2D eigenvalue weighted by Gasteiger charge is 2.43. The largest absolute Gasteiger partial charge is 0.478 e. The van der Waals surface area contributed by atoms with Crippen LogP contribution in [0.3, 0.4) is 0 Å². The number of aliphatic hydroxyl groups excluding tert-OH is 2. The minimum atomic E-state index is -1.45. The van der Waals surface area contributed by atoms with Crippen molar-refractivity contribution in [2.24, 2.45) is 5.92 Å². The van der Waals surface area contributed by atoms with Crippen molar-refractivity contribution in [1.29, 1.82) is 0 Å². The van der Waals surface area contributed by atoms with E-state index in [1.54, 1.807) is 38.2 Å². The molecule has 1 rings (SSSR count). The Bertz CT molecular complexity index is 1640. The third-order valence-corrected chi connectivity index (χ3v) is 9.78. The van der Waals surface area contributed by atoms with Gasteiger partial charge in [0.05, 0.1) is 6.61 Å². The number of hydrogen-bond donors (Lipinski definition) is 3. The number of esters is 2. The first-order valence-electron chi connectivity index (χ1n) is 21.2. The molecule has 9 nitrogen and oxygen atoms in total.